The third-order valence-corrected chi connectivity index (χ3v) is 4.17. The van der Waals surface area contributed by atoms with Crippen LogP contribution in [-0.2, 0) is 5.75 Å². The number of H-pyrrole nitrogens is 1. The highest BCUT2D eigenvalue weighted by Crippen LogP contribution is 2.24. The molecule has 0 aliphatic rings. The average molecular weight is 337 g/mol. The maximum absolute atomic E-state index is 12.1. The Morgan fingerprint density at radius 1 is 1.33 bits per heavy atom. The van der Waals surface area contributed by atoms with E-state index in [1.165, 1.54) is 18.0 Å². The summed E-state index contributed by atoms with van der Waals surface area (Å²) in [6.07, 6.45) is 2.24. The maximum Gasteiger partial charge on any atom is 0.270 e. The summed E-state index contributed by atoms with van der Waals surface area (Å²) in [5, 5.41) is 9.54. The summed E-state index contributed by atoms with van der Waals surface area (Å²) in [5.74, 6) is 0.885. The van der Waals surface area contributed by atoms with Gasteiger partial charge in [0.15, 0.2) is 10.9 Å². The van der Waals surface area contributed by atoms with E-state index in [0.717, 1.165) is 11.8 Å². The summed E-state index contributed by atoms with van der Waals surface area (Å²) >= 11 is 1.30. The Labute approximate surface area is 141 Å². The van der Waals surface area contributed by atoms with E-state index in [1.807, 2.05) is 12.1 Å². The Kier molecular flexibility index (Phi) is 4.59. The zero-order valence-corrected chi connectivity index (χ0v) is 13.2. The number of aldehydes is 1. The summed E-state index contributed by atoms with van der Waals surface area (Å²) in [6.45, 7) is 0. The molecule has 0 aliphatic heterocycles. The lowest BCUT2D eigenvalue weighted by Gasteiger charge is -2.05. The summed E-state index contributed by atoms with van der Waals surface area (Å²) in [6, 6.07) is 12.3. The molecule has 2 aromatic heterocycles. The van der Waals surface area contributed by atoms with Crippen LogP contribution in [0.2, 0.25) is 0 Å². The monoisotopic (exact) mass is 337 g/mol. The van der Waals surface area contributed by atoms with Crippen LogP contribution in [0.15, 0.2) is 57.0 Å². The molecule has 7 heteroatoms. The molecule has 0 bridgehead atoms. The van der Waals surface area contributed by atoms with Crippen molar-refractivity contribution in [3.63, 3.8) is 0 Å². The van der Waals surface area contributed by atoms with E-state index >= 15 is 0 Å². The minimum atomic E-state index is -0.511. The largest absolute Gasteiger partial charge is 0.463 e. The fourth-order valence-electron chi connectivity index (χ4n) is 2.12. The Bertz CT molecular complexity index is 971. The molecule has 1 N–H and O–H groups in total. The number of carbonyl (C=O) groups is 1. The first-order valence-corrected chi connectivity index (χ1v) is 7.95. The van der Waals surface area contributed by atoms with Crippen molar-refractivity contribution in [2.24, 2.45) is 0 Å². The molecule has 0 fully saturated rings. The first-order chi connectivity index (χ1) is 11.7. The van der Waals surface area contributed by atoms with Crippen LogP contribution in [0, 0.1) is 11.3 Å². The highest BCUT2D eigenvalue weighted by Gasteiger charge is 2.15. The van der Waals surface area contributed by atoms with Crippen LogP contribution < -0.4 is 5.56 Å². The molecule has 24 heavy (non-hydrogen) atoms. The van der Waals surface area contributed by atoms with Gasteiger partial charge in [-0.3, -0.25) is 9.59 Å². The summed E-state index contributed by atoms with van der Waals surface area (Å²) in [4.78, 5) is 29.8. The number of thioether (sulfide) groups is 1. The topological polar surface area (TPSA) is 99.8 Å². The van der Waals surface area contributed by atoms with Crippen molar-refractivity contribution in [1.29, 1.82) is 5.26 Å². The summed E-state index contributed by atoms with van der Waals surface area (Å²) < 4.78 is 5.25. The van der Waals surface area contributed by atoms with Crippen LogP contribution in [-0.4, -0.2) is 16.3 Å². The van der Waals surface area contributed by atoms with E-state index in [4.69, 9.17) is 9.68 Å². The van der Waals surface area contributed by atoms with Gasteiger partial charge in [0.25, 0.3) is 5.56 Å². The van der Waals surface area contributed by atoms with Crippen LogP contribution in [0.25, 0.3) is 11.5 Å². The summed E-state index contributed by atoms with van der Waals surface area (Å²) in [7, 11) is 0. The number of furan rings is 1. The number of nitrogens with zero attached hydrogens (tertiary/aromatic N) is 2. The molecule has 0 saturated heterocycles. The lowest BCUT2D eigenvalue weighted by atomic mass is 10.2. The second-order valence-electron chi connectivity index (χ2n) is 4.84. The standard InChI is InChI=1S/C17H11N3O3S/c18-8-13-15(14-5-2-6-23-14)19-17(20-16(13)22)24-10-12-4-1-3-11(7-12)9-21/h1-7,9H,10H2,(H,19,20,22). The van der Waals surface area contributed by atoms with Crippen molar-refractivity contribution in [2.45, 2.75) is 10.9 Å². The van der Waals surface area contributed by atoms with Gasteiger partial charge in [-0.1, -0.05) is 30.0 Å². The number of rotatable bonds is 5. The van der Waals surface area contributed by atoms with Crippen molar-refractivity contribution < 1.29 is 9.21 Å². The fourth-order valence-corrected chi connectivity index (χ4v) is 2.93. The Hall–Kier alpha value is -3.11. The predicted molar refractivity (Wildman–Crippen MR) is 88.7 cm³/mol. The Morgan fingerprint density at radius 2 is 2.21 bits per heavy atom. The molecule has 3 rings (SSSR count). The molecule has 0 spiro atoms. The number of hydrogen-bond donors (Lipinski definition) is 1. The van der Waals surface area contributed by atoms with Crippen LogP contribution in [0.5, 0.6) is 0 Å². The van der Waals surface area contributed by atoms with Gasteiger partial charge in [0.1, 0.15) is 23.6 Å². The lowest BCUT2D eigenvalue weighted by molar-refractivity contribution is 0.112. The molecular formula is C17H11N3O3S. The molecule has 3 aromatic rings. The van der Waals surface area contributed by atoms with E-state index in [0.29, 0.717) is 22.2 Å². The third kappa shape index (κ3) is 3.29. The number of hydrogen-bond acceptors (Lipinski definition) is 6. The van der Waals surface area contributed by atoms with Gasteiger partial charge in [-0.15, -0.1) is 0 Å². The SMILES string of the molecule is N#Cc1c(-c2ccco2)nc(SCc2cccc(C=O)c2)[nH]c1=O. The second kappa shape index (κ2) is 6.98. The van der Waals surface area contributed by atoms with Gasteiger partial charge in [-0.25, -0.2) is 4.98 Å². The van der Waals surface area contributed by atoms with Gasteiger partial charge in [0.2, 0.25) is 0 Å². The molecule has 6 nitrogen and oxygen atoms in total. The highest BCUT2D eigenvalue weighted by molar-refractivity contribution is 7.98. The normalized spacial score (nSPS) is 10.3. The van der Waals surface area contributed by atoms with Crippen molar-refractivity contribution in [2.75, 3.05) is 0 Å². The number of aromatic nitrogens is 2. The fraction of sp³-hybridized carbons (Fsp3) is 0.0588. The molecule has 1 aromatic carbocycles. The Morgan fingerprint density at radius 3 is 2.92 bits per heavy atom. The van der Waals surface area contributed by atoms with Gasteiger partial charge >= 0.3 is 0 Å². The quantitative estimate of drug-likeness (QED) is 0.436. The van der Waals surface area contributed by atoms with Crippen molar-refractivity contribution in [3.8, 4) is 17.5 Å². The van der Waals surface area contributed by atoms with Gasteiger partial charge in [0, 0.05) is 11.3 Å². The zero-order chi connectivity index (χ0) is 16.9. The van der Waals surface area contributed by atoms with Crippen LogP contribution >= 0.6 is 11.8 Å². The zero-order valence-electron chi connectivity index (χ0n) is 12.4. The highest BCUT2D eigenvalue weighted by atomic mass is 32.2. The Balaban J connectivity index is 1.90. The van der Waals surface area contributed by atoms with Gasteiger partial charge in [0.05, 0.1) is 6.26 Å². The van der Waals surface area contributed by atoms with Crippen LogP contribution in [0.3, 0.4) is 0 Å². The van der Waals surface area contributed by atoms with Crippen molar-refractivity contribution in [1.82, 2.24) is 9.97 Å². The second-order valence-corrected chi connectivity index (χ2v) is 5.80. The molecule has 0 amide bonds. The molecule has 2 heterocycles. The molecule has 0 saturated carbocycles. The van der Waals surface area contributed by atoms with E-state index in [1.54, 1.807) is 30.3 Å². The van der Waals surface area contributed by atoms with Crippen LogP contribution in [0.1, 0.15) is 21.5 Å². The van der Waals surface area contributed by atoms with Gasteiger partial charge in [-0.2, -0.15) is 5.26 Å². The van der Waals surface area contributed by atoms with E-state index < -0.39 is 5.56 Å². The number of carbonyl (C=O) groups excluding carboxylic acids is 1. The average Bonchev–Trinajstić information content (AvgIpc) is 3.14. The molecule has 0 radical (unpaired) electrons. The molecule has 118 valence electrons. The smallest absolute Gasteiger partial charge is 0.270 e. The van der Waals surface area contributed by atoms with Crippen molar-refractivity contribution in [3.05, 3.63) is 69.7 Å². The van der Waals surface area contributed by atoms with E-state index in [-0.39, 0.29) is 11.3 Å². The first kappa shape index (κ1) is 15.8. The van der Waals surface area contributed by atoms with Gasteiger partial charge in [-0.05, 0) is 23.8 Å². The van der Waals surface area contributed by atoms with Crippen LogP contribution in [0.4, 0.5) is 0 Å². The molecular weight excluding hydrogens is 326 g/mol. The number of nitrogens with one attached hydrogen (secondary N) is 1. The third-order valence-electron chi connectivity index (χ3n) is 3.23. The minimum Gasteiger partial charge on any atom is -0.463 e. The molecule has 0 atom stereocenters. The minimum absolute atomic E-state index is 0.0859. The first-order valence-electron chi connectivity index (χ1n) is 6.96. The van der Waals surface area contributed by atoms with Crippen molar-refractivity contribution >= 4 is 18.0 Å². The van der Waals surface area contributed by atoms with E-state index in [9.17, 15) is 9.59 Å². The van der Waals surface area contributed by atoms with Gasteiger partial charge < -0.3 is 9.40 Å². The predicted octanol–water partition coefficient (Wildman–Crippen LogP) is 3.01. The maximum atomic E-state index is 12.1. The molecule has 0 aliphatic carbocycles. The number of aromatic amines is 1. The lowest BCUT2D eigenvalue weighted by Crippen LogP contribution is -2.14. The van der Waals surface area contributed by atoms with E-state index in [2.05, 4.69) is 9.97 Å². The summed E-state index contributed by atoms with van der Waals surface area (Å²) in [5.41, 5.74) is 1.14. The number of benzene rings is 1. The molecule has 0 unspecified atom stereocenters. The number of nitriles is 1.